The van der Waals surface area contributed by atoms with E-state index in [1.54, 1.807) is 6.92 Å². The zero-order valence-electron chi connectivity index (χ0n) is 23.4. The number of nitrogens with zero attached hydrogens (tertiary/aromatic N) is 1. The third kappa shape index (κ3) is 5.29. The summed E-state index contributed by atoms with van der Waals surface area (Å²) in [6, 6.07) is 8.21. The maximum absolute atomic E-state index is 12.4. The summed E-state index contributed by atoms with van der Waals surface area (Å²) in [7, 11) is 0. The molecule has 0 heterocycles. The predicted molar refractivity (Wildman–Crippen MR) is 149 cm³/mol. The van der Waals surface area contributed by atoms with Gasteiger partial charge in [-0.1, -0.05) is 54.9 Å². The van der Waals surface area contributed by atoms with Crippen LogP contribution in [0.25, 0.3) is 0 Å². The second-order valence-electron chi connectivity index (χ2n) is 12.8. The Morgan fingerprint density at radius 1 is 1.05 bits per heavy atom. The van der Waals surface area contributed by atoms with E-state index in [2.05, 4.69) is 30.4 Å². The van der Waals surface area contributed by atoms with Crippen LogP contribution in [0.3, 0.4) is 0 Å². The lowest BCUT2D eigenvalue weighted by molar-refractivity contribution is -0.142. The summed E-state index contributed by atoms with van der Waals surface area (Å²) in [5.41, 5.74) is 3.46. The number of rotatable bonds is 8. The molecule has 0 spiro atoms. The molecule has 210 valence electrons. The summed E-state index contributed by atoms with van der Waals surface area (Å²) >= 11 is 0. The van der Waals surface area contributed by atoms with E-state index in [0.717, 1.165) is 43.4 Å². The molecule has 4 aliphatic rings. The first kappa shape index (κ1) is 27.6. The van der Waals surface area contributed by atoms with Gasteiger partial charge in [0.15, 0.2) is 6.61 Å². The number of carbonyl (C=O) groups is 3. The summed E-state index contributed by atoms with van der Waals surface area (Å²) in [5, 5.41) is 16.3. The van der Waals surface area contributed by atoms with Crippen molar-refractivity contribution in [2.45, 2.75) is 84.6 Å². The molecular weight excluding hydrogens is 492 g/mol. The van der Waals surface area contributed by atoms with Crippen LogP contribution in [0.1, 0.15) is 77.7 Å². The van der Waals surface area contributed by atoms with E-state index in [1.165, 1.54) is 24.8 Å². The molecule has 0 unspecified atom stereocenters. The highest BCUT2D eigenvalue weighted by atomic mass is 16.6. The summed E-state index contributed by atoms with van der Waals surface area (Å²) in [6.07, 6.45) is 11.0. The van der Waals surface area contributed by atoms with E-state index in [9.17, 15) is 19.5 Å². The molecule has 0 radical (unpaired) electrons. The molecule has 2 N–H and O–H groups in total. The van der Waals surface area contributed by atoms with Gasteiger partial charge in [-0.15, -0.1) is 0 Å². The van der Waals surface area contributed by atoms with Crippen LogP contribution in [0.5, 0.6) is 0 Å². The van der Waals surface area contributed by atoms with Crippen molar-refractivity contribution >= 4 is 23.4 Å². The van der Waals surface area contributed by atoms with Crippen LogP contribution < -0.4 is 5.32 Å². The molecule has 0 saturated heterocycles. The molecular formula is C32H42N2O5. The fourth-order valence-electron chi connectivity index (χ4n) is 8.77. The Labute approximate surface area is 231 Å². The molecule has 0 aliphatic heterocycles. The molecule has 1 aromatic carbocycles. The van der Waals surface area contributed by atoms with Gasteiger partial charge in [0.1, 0.15) is 11.8 Å². The highest BCUT2D eigenvalue weighted by Crippen LogP contribution is 2.66. The number of nitrogens with one attached hydrogen (secondary N) is 1. The summed E-state index contributed by atoms with van der Waals surface area (Å²) in [6.45, 7) is 6.29. The molecule has 7 heteroatoms. The highest BCUT2D eigenvalue weighted by molar-refractivity contribution is 5.96. The van der Waals surface area contributed by atoms with Crippen LogP contribution in [0.2, 0.25) is 0 Å². The lowest BCUT2D eigenvalue weighted by atomic mass is 9.46. The molecule has 39 heavy (non-hydrogen) atoms. The average molecular weight is 535 g/mol. The number of carboxylic acid groups (broad SMARTS) is 1. The lowest BCUT2D eigenvalue weighted by Crippen LogP contribution is -2.51. The zero-order chi connectivity index (χ0) is 27.8. The van der Waals surface area contributed by atoms with Gasteiger partial charge < -0.3 is 15.3 Å². The van der Waals surface area contributed by atoms with Gasteiger partial charge in [-0.05, 0) is 98.5 Å². The lowest BCUT2D eigenvalue weighted by Gasteiger charge is -2.58. The van der Waals surface area contributed by atoms with Crippen molar-refractivity contribution in [3.8, 4) is 0 Å². The van der Waals surface area contributed by atoms with Gasteiger partial charge in [-0.25, -0.2) is 4.79 Å². The van der Waals surface area contributed by atoms with Gasteiger partial charge in [0.05, 0.1) is 5.71 Å². The Kier molecular flexibility index (Phi) is 7.71. The monoisotopic (exact) mass is 534 g/mol. The largest absolute Gasteiger partial charge is 0.480 e. The normalized spacial score (nSPS) is 35.2. The van der Waals surface area contributed by atoms with Gasteiger partial charge >= 0.3 is 5.97 Å². The molecule has 4 aliphatic carbocycles. The fourth-order valence-corrected chi connectivity index (χ4v) is 8.77. The summed E-state index contributed by atoms with van der Waals surface area (Å²) < 4.78 is 0. The molecule has 1 amide bonds. The number of aliphatic carboxylic acids is 1. The molecule has 7 atom stereocenters. The first-order chi connectivity index (χ1) is 18.6. The maximum Gasteiger partial charge on any atom is 0.326 e. The number of Topliss-reactive ketones (excluding diaryl/α,β-unsaturated/α-hetero) is 1. The Morgan fingerprint density at radius 3 is 2.54 bits per heavy atom. The number of hydrogen-bond acceptors (Lipinski definition) is 5. The molecule has 0 aromatic heterocycles. The minimum atomic E-state index is -1.08. The van der Waals surface area contributed by atoms with Crippen molar-refractivity contribution in [3.63, 3.8) is 0 Å². The quantitative estimate of drug-likeness (QED) is 0.438. The Morgan fingerprint density at radius 2 is 1.82 bits per heavy atom. The predicted octanol–water partition coefficient (Wildman–Crippen LogP) is 5.34. The van der Waals surface area contributed by atoms with E-state index >= 15 is 0 Å². The highest BCUT2D eigenvalue weighted by Gasteiger charge is 2.59. The molecule has 3 saturated carbocycles. The van der Waals surface area contributed by atoms with E-state index in [0.29, 0.717) is 23.5 Å². The molecule has 0 bridgehead atoms. The number of benzene rings is 1. The summed E-state index contributed by atoms with van der Waals surface area (Å²) in [4.78, 5) is 41.8. The molecule has 5 rings (SSSR count). The maximum atomic E-state index is 12.4. The molecule has 3 fully saturated rings. The van der Waals surface area contributed by atoms with Crippen LogP contribution in [0, 0.1) is 34.5 Å². The minimum absolute atomic E-state index is 0.154. The van der Waals surface area contributed by atoms with Gasteiger partial charge in [0.25, 0.3) is 5.91 Å². The number of fused-ring (bicyclic) bond motifs is 5. The first-order valence-electron chi connectivity index (χ1n) is 14.6. The van der Waals surface area contributed by atoms with Gasteiger partial charge in [-0.3, -0.25) is 9.59 Å². The number of oxime groups is 1. The standard InChI is InChI=1S/C32H42N2O5/c1-20(35)25-11-12-26-24-10-9-22-18-23(13-15-31(22,2)27(24)14-16-32(25,26)3)34-39-19-29(36)33-28(30(37)38)17-21-7-5-4-6-8-21/h4-8,18,24-28H,9-17,19H2,1-3H3,(H,33,36)(H,37,38)/t24-,25+,26-,27+,28+,31+,32-/m1/s1. The van der Waals surface area contributed by atoms with E-state index in [4.69, 9.17) is 4.84 Å². The van der Waals surface area contributed by atoms with Gasteiger partial charge in [0, 0.05) is 12.3 Å². The van der Waals surface area contributed by atoms with Crippen LogP contribution in [0.4, 0.5) is 0 Å². The Bertz CT molecular complexity index is 1180. The van der Waals surface area contributed by atoms with E-state index in [-0.39, 0.29) is 29.8 Å². The first-order valence-corrected chi connectivity index (χ1v) is 14.6. The van der Waals surface area contributed by atoms with Gasteiger partial charge in [0.2, 0.25) is 0 Å². The van der Waals surface area contributed by atoms with Crippen molar-refractivity contribution < 1.29 is 24.3 Å². The SMILES string of the molecule is CC(=O)[C@@H]1CC[C@@H]2[C@H]3CCC4=CC(=NOCC(=O)N[C@@H](Cc5ccccc5)C(=O)O)CC[C@]4(C)[C@H]3CC[C@@]21C. The smallest absolute Gasteiger partial charge is 0.326 e. The molecule has 7 nitrogen and oxygen atoms in total. The van der Waals surface area contributed by atoms with Crippen LogP contribution in [0.15, 0.2) is 47.1 Å². The zero-order valence-corrected chi connectivity index (χ0v) is 23.4. The Hall–Kier alpha value is -2.96. The number of carbonyl (C=O) groups excluding carboxylic acids is 2. The van der Waals surface area contributed by atoms with Crippen LogP contribution in [-0.2, 0) is 25.6 Å². The fraction of sp³-hybridized carbons (Fsp3) is 0.625. The van der Waals surface area contributed by atoms with Crippen molar-refractivity contribution in [2.75, 3.05) is 6.61 Å². The Balaban J connectivity index is 1.19. The van der Waals surface area contributed by atoms with E-state index in [1.807, 2.05) is 30.3 Å². The van der Waals surface area contributed by atoms with Crippen molar-refractivity contribution in [1.82, 2.24) is 5.32 Å². The summed E-state index contributed by atoms with van der Waals surface area (Å²) in [5.74, 6) is 1.01. The third-order valence-corrected chi connectivity index (χ3v) is 10.8. The third-order valence-electron chi connectivity index (χ3n) is 10.8. The number of carboxylic acids is 1. The van der Waals surface area contributed by atoms with Crippen molar-refractivity contribution in [2.24, 2.45) is 39.7 Å². The van der Waals surface area contributed by atoms with E-state index < -0.39 is 17.9 Å². The molecule has 1 aromatic rings. The number of allylic oxidation sites excluding steroid dienone is 2. The second-order valence-corrected chi connectivity index (χ2v) is 12.8. The second kappa shape index (κ2) is 10.9. The topological polar surface area (TPSA) is 105 Å². The number of amides is 1. The number of hydrogen-bond donors (Lipinski definition) is 2. The van der Waals surface area contributed by atoms with Crippen molar-refractivity contribution in [3.05, 3.63) is 47.5 Å². The minimum Gasteiger partial charge on any atom is -0.480 e. The van der Waals surface area contributed by atoms with Crippen LogP contribution >= 0.6 is 0 Å². The number of ketones is 1. The van der Waals surface area contributed by atoms with Crippen molar-refractivity contribution in [1.29, 1.82) is 0 Å². The van der Waals surface area contributed by atoms with Gasteiger partial charge in [-0.2, -0.15) is 0 Å². The van der Waals surface area contributed by atoms with Crippen LogP contribution in [-0.4, -0.2) is 41.1 Å². The average Bonchev–Trinajstić information content (AvgIpc) is 3.26.